The molecule has 3 rings (SSSR count). The fourth-order valence-corrected chi connectivity index (χ4v) is 2.51. The SMILES string of the molecule is CC1c2ccccc2Nc2ccc(C(F)(F)F)cc21. The van der Waals surface area contributed by atoms with Crippen LogP contribution in [0.4, 0.5) is 24.5 Å². The lowest BCUT2D eigenvalue weighted by Crippen LogP contribution is -2.13. The first-order chi connectivity index (χ1) is 8.97. The van der Waals surface area contributed by atoms with Gasteiger partial charge in [-0.15, -0.1) is 0 Å². The Kier molecular flexibility index (Phi) is 2.55. The zero-order valence-electron chi connectivity index (χ0n) is 10.3. The molecule has 2 aromatic carbocycles. The quantitative estimate of drug-likeness (QED) is 0.711. The molecule has 98 valence electrons. The lowest BCUT2D eigenvalue weighted by molar-refractivity contribution is -0.137. The number of halogens is 3. The summed E-state index contributed by atoms with van der Waals surface area (Å²) in [6.07, 6.45) is -4.30. The maximum absolute atomic E-state index is 12.8. The molecular formula is C15H12F3N. The molecule has 19 heavy (non-hydrogen) atoms. The van der Waals surface area contributed by atoms with Crippen LogP contribution in [-0.2, 0) is 6.18 Å². The van der Waals surface area contributed by atoms with Crippen molar-refractivity contribution >= 4 is 11.4 Å². The third-order valence-electron chi connectivity index (χ3n) is 3.54. The van der Waals surface area contributed by atoms with Gasteiger partial charge in [0.2, 0.25) is 0 Å². The monoisotopic (exact) mass is 263 g/mol. The lowest BCUT2D eigenvalue weighted by atomic mass is 9.86. The third kappa shape index (κ3) is 1.97. The molecule has 4 heteroatoms. The van der Waals surface area contributed by atoms with Crippen molar-refractivity contribution in [2.24, 2.45) is 0 Å². The summed E-state index contributed by atoms with van der Waals surface area (Å²) < 4.78 is 38.3. The number of alkyl halides is 3. The van der Waals surface area contributed by atoms with E-state index < -0.39 is 11.7 Å². The van der Waals surface area contributed by atoms with Crippen LogP contribution in [0.25, 0.3) is 0 Å². The number of para-hydroxylation sites is 1. The van der Waals surface area contributed by atoms with E-state index in [1.165, 1.54) is 12.1 Å². The molecule has 0 amide bonds. The van der Waals surface area contributed by atoms with Gasteiger partial charge in [-0.25, -0.2) is 0 Å². The van der Waals surface area contributed by atoms with Crippen molar-refractivity contribution in [3.05, 3.63) is 59.2 Å². The first kappa shape index (κ1) is 12.1. The normalized spacial score (nSPS) is 17.4. The van der Waals surface area contributed by atoms with E-state index in [4.69, 9.17) is 0 Å². The summed E-state index contributed by atoms with van der Waals surface area (Å²) in [5, 5.41) is 3.18. The van der Waals surface area contributed by atoms with Gasteiger partial charge >= 0.3 is 6.18 Å². The molecule has 1 aliphatic heterocycles. The van der Waals surface area contributed by atoms with Crippen molar-refractivity contribution in [2.75, 3.05) is 5.32 Å². The van der Waals surface area contributed by atoms with E-state index in [1.54, 1.807) is 0 Å². The molecule has 1 atom stereocenters. The van der Waals surface area contributed by atoms with Crippen LogP contribution in [0.2, 0.25) is 0 Å². The van der Waals surface area contributed by atoms with Gasteiger partial charge in [0.05, 0.1) is 5.56 Å². The van der Waals surface area contributed by atoms with Crippen LogP contribution >= 0.6 is 0 Å². The maximum atomic E-state index is 12.8. The highest BCUT2D eigenvalue weighted by Gasteiger charge is 2.32. The molecule has 1 N–H and O–H groups in total. The molecule has 1 heterocycles. The maximum Gasteiger partial charge on any atom is 0.416 e. The van der Waals surface area contributed by atoms with Crippen LogP contribution in [-0.4, -0.2) is 0 Å². The Balaban J connectivity index is 2.11. The van der Waals surface area contributed by atoms with Gasteiger partial charge in [0, 0.05) is 17.3 Å². The zero-order valence-corrected chi connectivity index (χ0v) is 10.3. The molecule has 0 spiro atoms. The summed E-state index contributed by atoms with van der Waals surface area (Å²) in [7, 11) is 0. The van der Waals surface area contributed by atoms with Gasteiger partial charge < -0.3 is 5.32 Å². The average molecular weight is 263 g/mol. The molecular weight excluding hydrogens is 251 g/mol. The molecule has 0 fully saturated rings. The van der Waals surface area contributed by atoms with E-state index in [-0.39, 0.29) is 5.92 Å². The van der Waals surface area contributed by atoms with Gasteiger partial charge in [0.15, 0.2) is 0 Å². The van der Waals surface area contributed by atoms with Crippen LogP contribution in [0.15, 0.2) is 42.5 Å². The van der Waals surface area contributed by atoms with Gasteiger partial charge in [0.25, 0.3) is 0 Å². The Morgan fingerprint density at radius 1 is 0.947 bits per heavy atom. The molecule has 1 aliphatic rings. The molecule has 0 saturated heterocycles. The first-order valence-corrected chi connectivity index (χ1v) is 6.04. The second-order valence-corrected chi connectivity index (χ2v) is 4.73. The minimum atomic E-state index is -4.30. The molecule has 0 radical (unpaired) electrons. The summed E-state index contributed by atoms with van der Waals surface area (Å²) in [6, 6.07) is 11.5. The third-order valence-corrected chi connectivity index (χ3v) is 3.54. The molecule has 1 nitrogen and oxygen atoms in total. The van der Waals surface area contributed by atoms with Crippen LogP contribution in [0.1, 0.15) is 29.5 Å². The second kappa shape index (κ2) is 4.02. The predicted molar refractivity (Wildman–Crippen MR) is 68.7 cm³/mol. The minimum absolute atomic E-state index is 0.0465. The van der Waals surface area contributed by atoms with Crippen LogP contribution in [0, 0.1) is 0 Å². The van der Waals surface area contributed by atoms with Crippen molar-refractivity contribution in [3.8, 4) is 0 Å². The Labute approximate surface area is 109 Å². The van der Waals surface area contributed by atoms with Crippen molar-refractivity contribution < 1.29 is 13.2 Å². The number of fused-ring (bicyclic) bond motifs is 2. The predicted octanol–water partition coefficient (Wildman–Crippen LogP) is 4.91. The van der Waals surface area contributed by atoms with Crippen LogP contribution in [0.3, 0.4) is 0 Å². The van der Waals surface area contributed by atoms with Crippen molar-refractivity contribution in [2.45, 2.75) is 19.0 Å². The summed E-state index contributed by atoms with van der Waals surface area (Å²) >= 11 is 0. The van der Waals surface area contributed by atoms with Crippen molar-refractivity contribution in [3.63, 3.8) is 0 Å². The number of anilines is 2. The van der Waals surface area contributed by atoms with Crippen molar-refractivity contribution in [1.82, 2.24) is 0 Å². The molecule has 0 bridgehead atoms. The Morgan fingerprint density at radius 3 is 2.37 bits per heavy atom. The van der Waals surface area contributed by atoms with Gasteiger partial charge in [-0.05, 0) is 35.4 Å². The van der Waals surface area contributed by atoms with E-state index in [0.717, 1.165) is 23.0 Å². The number of rotatable bonds is 0. The molecule has 0 aromatic heterocycles. The Hall–Kier alpha value is -1.97. The highest BCUT2D eigenvalue weighted by Crippen LogP contribution is 2.43. The number of benzene rings is 2. The largest absolute Gasteiger partial charge is 0.416 e. The van der Waals surface area contributed by atoms with E-state index in [1.807, 2.05) is 31.2 Å². The molecule has 0 aliphatic carbocycles. The van der Waals surface area contributed by atoms with Gasteiger partial charge in [0.1, 0.15) is 0 Å². The lowest BCUT2D eigenvalue weighted by Gasteiger charge is -2.27. The van der Waals surface area contributed by atoms with Crippen molar-refractivity contribution in [1.29, 1.82) is 0 Å². The molecule has 0 saturated carbocycles. The van der Waals surface area contributed by atoms with E-state index in [0.29, 0.717) is 5.56 Å². The van der Waals surface area contributed by atoms with Crippen LogP contribution in [0.5, 0.6) is 0 Å². The molecule has 1 unspecified atom stereocenters. The smallest absolute Gasteiger partial charge is 0.355 e. The summed E-state index contributed by atoms with van der Waals surface area (Å²) in [5.74, 6) is -0.0465. The number of hydrogen-bond donors (Lipinski definition) is 1. The van der Waals surface area contributed by atoms with E-state index in [2.05, 4.69) is 5.32 Å². The minimum Gasteiger partial charge on any atom is -0.355 e. The Morgan fingerprint density at radius 2 is 1.63 bits per heavy atom. The summed E-state index contributed by atoms with van der Waals surface area (Å²) in [4.78, 5) is 0. The second-order valence-electron chi connectivity index (χ2n) is 4.73. The number of hydrogen-bond acceptors (Lipinski definition) is 1. The van der Waals surface area contributed by atoms with Crippen LogP contribution < -0.4 is 5.32 Å². The topological polar surface area (TPSA) is 12.0 Å². The molecule has 2 aromatic rings. The Bertz CT molecular complexity index is 632. The van der Waals surface area contributed by atoms with Gasteiger partial charge in [-0.1, -0.05) is 25.1 Å². The first-order valence-electron chi connectivity index (χ1n) is 6.04. The number of nitrogens with one attached hydrogen (secondary N) is 1. The van der Waals surface area contributed by atoms with Gasteiger partial charge in [-0.3, -0.25) is 0 Å². The zero-order chi connectivity index (χ0) is 13.6. The summed E-state index contributed by atoms with van der Waals surface area (Å²) in [5.41, 5.74) is 2.82. The highest BCUT2D eigenvalue weighted by atomic mass is 19.4. The fraction of sp³-hybridized carbons (Fsp3) is 0.200. The summed E-state index contributed by atoms with van der Waals surface area (Å²) in [6.45, 7) is 1.93. The average Bonchev–Trinajstić information content (AvgIpc) is 2.37. The fourth-order valence-electron chi connectivity index (χ4n) is 2.51. The van der Waals surface area contributed by atoms with E-state index in [9.17, 15) is 13.2 Å². The van der Waals surface area contributed by atoms with E-state index >= 15 is 0 Å². The highest BCUT2D eigenvalue weighted by molar-refractivity contribution is 5.73. The van der Waals surface area contributed by atoms with Gasteiger partial charge in [-0.2, -0.15) is 13.2 Å². The standard InChI is InChI=1S/C15H12F3N/c1-9-11-4-2-3-5-13(11)19-14-7-6-10(8-12(9)14)15(16,17)18/h2-9,19H,1H3.